The molecule has 0 radical (unpaired) electrons. The third-order valence-corrected chi connectivity index (χ3v) is 5.56. The third kappa shape index (κ3) is 3.02. The van der Waals surface area contributed by atoms with Crippen LogP contribution >= 0.6 is 22.7 Å². The fourth-order valence-corrected chi connectivity index (χ4v) is 3.92. The van der Waals surface area contributed by atoms with Gasteiger partial charge in [-0.1, -0.05) is 19.1 Å². The van der Waals surface area contributed by atoms with Gasteiger partial charge in [0.05, 0.1) is 12.1 Å². The van der Waals surface area contributed by atoms with Crippen molar-refractivity contribution in [2.24, 2.45) is 0 Å². The summed E-state index contributed by atoms with van der Waals surface area (Å²) < 4.78 is 0. The number of aromatic nitrogens is 3. The molecule has 1 aromatic carbocycles. The Balaban J connectivity index is 1.70. The summed E-state index contributed by atoms with van der Waals surface area (Å²) in [5, 5.41) is 9.67. The zero-order chi connectivity index (χ0) is 16.4. The van der Waals surface area contributed by atoms with Gasteiger partial charge in [-0.3, -0.25) is 0 Å². The SMILES string of the molecule is CCc1cnc(CNc2nc(-c3ccsc3)nc3ccccc23)s1. The average molecular weight is 352 g/mol. The van der Waals surface area contributed by atoms with E-state index in [0.717, 1.165) is 39.5 Å². The molecule has 0 aliphatic carbocycles. The maximum absolute atomic E-state index is 4.75. The topological polar surface area (TPSA) is 50.7 Å². The first-order chi connectivity index (χ1) is 11.8. The van der Waals surface area contributed by atoms with E-state index in [1.807, 2.05) is 41.9 Å². The minimum absolute atomic E-state index is 0.675. The predicted octanol–water partition coefficient (Wildman–Crippen LogP) is 4.99. The highest BCUT2D eigenvalue weighted by Gasteiger charge is 2.10. The normalized spacial score (nSPS) is 11.0. The van der Waals surface area contributed by atoms with Crippen LogP contribution in [0.3, 0.4) is 0 Å². The van der Waals surface area contributed by atoms with E-state index < -0.39 is 0 Å². The fourth-order valence-electron chi connectivity index (χ4n) is 2.48. The van der Waals surface area contributed by atoms with E-state index in [1.165, 1.54) is 4.88 Å². The van der Waals surface area contributed by atoms with E-state index in [1.54, 1.807) is 22.7 Å². The standard InChI is InChI=1S/C18H16N4S2/c1-2-13-9-19-16(24-13)10-20-18-14-5-3-4-6-15(14)21-17(22-18)12-7-8-23-11-12/h3-9,11H,2,10H2,1H3,(H,20,21,22). The van der Waals surface area contributed by atoms with Crippen LogP contribution in [0.25, 0.3) is 22.3 Å². The zero-order valence-electron chi connectivity index (χ0n) is 13.2. The Morgan fingerprint density at radius 1 is 1.12 bits per heavy atom. The molecule has 0 fully saturated rings. The number of rotatable bonds is 5. The molecular weight excluding hydrogens is 336 g/mol. The van der Waals surface area contributed by atoms with Gasteiger partial charge in [-0.05, 0) is 30.0 Å². The molecule has 6 heteroatoms. The number of anilines is 1. The Bertz CT molecular complexity index is 960. The number of nitrogens with zero attached hydrogens (tertiary/aromatic N) is 3. The molecule has 0 unspecified atom stereocenters. The predicted molar refractivity (Wildman–Crippen MR) is 102 cm³/mol. The van der Waals surface area contributed by atoms with Crippen LogP contribution in [-0.2, 0) is 13.0 Å². The highest BCUT2D eigenvalue weighted by Crippen LogP contribution is 2.26. The molecule has 0 amide bonds. The molecule has 0 saturated heterocycles. The second-order valence-corrected chi connectivity index (χ2v) is 7.33. The van der Waals surface area contributed by atoms with Crippen molar-refractivity contribution >= 4 is 39.4 Å². The van der Waals surface area contributed by atoms with E-state index >= 15 is 0 Å². The molecular formula is C18H16N4S2. The molecule has 24 heavy (non-hydrogen) atoms. The largest absolute Gasteiger partial charge is 0.363 e. The molecule has 120 valence electrons. The summed E-state index contributed by atoms with van der Waals surface area (Å²) in [7, 11) is 0. The van der Waals surface area contributed by atoms with E-state index in [0.29, 0.717) is 6.54 Å². The summed E-state index contributed by atoms with van der Waals surface area (Å²) in [4.78, 5) is 15.2. The molecule has 3 aromatic heterocycles. The fraction of sp³-hybridized carbons (Fsp3) is 0.167. The minimum Gasteiger partial charge on any atom is -0.363 e. The second kappa shape index (κ2) is 6.67. The van der Waals surface area contributed by atoms with Crippen molar-refractivity contribution in [2.45, 2.75) is 19.9 Å². The maximum Gasteiger partial charge on any atom is 0.162 e. The third-order valence-electron chi connectivity index (χ3n) is 3.74. The van der Waals surface area contributed by atoms with Gasteiger partial charge in [0, 0.05) is 27.4 Å². The lowest BCUT2D eigenvalue weighted by molar-refractivity contribution is 1.07. The van der Waals surface area contributed by atoms with Crippen LogP contribution in [0.2, 0.25) is 0 Å². The van der Waals surface area contributed by atoms with Crippen LogP contribution in [0.15, 0.2) is 47.3 Å². The lowest BCUT2D eigenvalue weighted by Gasteiger charge is -2.09. The number of hydrogen-bond acceptors (Lipinski definition) is 6. The number of fused-ring (bicyclic) bond motifs is 1. The van der Waals surface area contributed by atoms with Gasteiger partial charge in [0.25, 0.3) is 0 Å². The molecule has 0 aliphatic rings. The lowest BCUT2D eigenvalue weighted by Crippen LogP contribution is -2.03. The molecule has 1 N–H and O–H groups in total. The van der Waals surface area contributed by atoms with Gasteiger partial charge >= 0.3 is 0 Å². The second-order valence-electron chi connectivity index (χ2n) is 5.35. The molecule has 0 atom stereocenters. The Kier molecular flexibility index (Phi) is 4.23. The van der Waals surface area contributed by atoms with Crippen molar-refractivity contribution in [1.29, 1.82) is 0 Å². The minimum atomic E-state index is 0.675. The molecule has 4 aromatic rings. The molecule has 4 rings (SSSR count). The summed E-state index contributed by atoms with van der Waals surface area (Å²) in [5.74, 6) is 1.61. The molecule has 3 heterocycles. The summed E-state index contributed by atoms with van der Waals surface area (Å²) >= 11 is 3.40. The number of para-hydroxylation sites is 1. The van der Waals surface area contributed by atoms with Crippen LogP contribution < -0.4 is 5.32 Å². The lowest BCUT2D eigenvalue weighted by atomic mass is 10.2. The van der Waals surface area contributed by atoms with E-state index in [-0.39, 0.29) is 0 Å². The van der Waals surface area contributed by atoms with Crippen LogP contribution in [-0.4, -0.2) is 15.0 Å². The first-order valence-electron chi connectivity index (χ1n) is 7.80. The van der Waals surface area contributed by atoms with Crippen molar-refractivity contribution in [1.82, 2.24) is 15.0 Å². The average Bonchev–Trinajstić information content (AvgIpc) is 3.31. The van der Waals surface area contributed by atoms with Crippen LogP contribution in [0.4, 0.5) is 5.82 Å². The van der Waals surface area contributed by atoms with E-state index in [4.69, 9.17) is 9.97 Å². The van der Waals surface area contributed by atoms with Crippen molar-refractivity contribution < 1.29 is 0 Å². The van der Waals surface area contributed by atoms with Gasteiger partial charge in [0.1, 0.15) is 10.8 Å². The van der Waals surface area contributed by atoms with Crippen molar-refractivity contribution in [2.75, 3.05) is 5.32 Å². The Morgan fingerprint density at radius 2 is 2.04 bits per heavy atom. The first-order valence-corrected chi connectivity index (χ1v) is 9.56. The summed E-state index contributed by atoms with van der Waals surface area (Å²) in [5.41, 5.74) is 2.00. The Labute approximate surface area is 148 Å². The molecule has 0 saturated carbocycles. The van der Waals surface area contributed by atoms with E-state index in [9.17, 15) is 0 Å². The maximum atomic E-state index is 4.75. The van der Waals surface area contributed by atoms with Gasteiger partial charge in [0.15, 0.2) is 5.82 Å². The van der Waals surface area contributed by atoms with Gasteiger partial charge in [-0.15, -0.1) is 11.3 Å². The number of aryl methyl sites for hydroxylation is 1. The van der Waals surface area contributed by atoms with Gasteiger partial charge in [-0.2, -0.15) is 11.3 Å². The number of hydrogen-bond donors (Lipinski definition) is 1. The van der Waals surface area contributed by atoms with Crippen molar-refractivity contribution in [3.63, 3.8) is 0 Å². The number of thiophene rings is 1. The highest BCUT2D eigenvalue weighted by molar-refractivity contribution is 7.11. The molecule has 0 bridgehead atoms. The summed E-state index contributed by atoms with van der Waals surface area (Å²) in [6.45, 7) is 2.82. The summed E-state index contributed by atoms with van der Waals surface area (Å²) in [6, 6.07) is 10.1. The summed E-state index contributed by atoms with van der Waals surface area (Å²) in [6.07, 6.45) is 2.98. The highest BCUT2D eigenvalue weighted by atomic mass is 32.1. The van der Waals surface area contributed by atoms with Crippen LogP contribution in [0.5, 0.6) is 0 Å². The quantitative estimate of drug-likeness (QED) is 0.550. The van der Waals surface area contributed by atoms with Crippen LogP contribution in [0.1, 0.15) is 16.8 Å². The number of thiazole rings is 1. The smallest absolute Gasteiger partial charge is 0.162 e. The van der Waals surface area contributed by atoms with Gasteiger partial charge in [0.2, 0.25) is 0 Å². The first kappa shape index (κ1) is 15.2. The van der Waals surface area contributed by atoms with E-state index in [2.05, 4.69) is 22.6 Å². The molecule has 0 spiro atoms. The number of nitrogens with one attached hydrogen (secondary N) is 1. The molecule has 0 aliphatic heterocycles. The van der Waals surface area contributed by atoms with Crippen LogP contribution in [0, 0.1) is 0 Å². The zero-order valence-corrected chi connectivity index (χ0v) is 14.8. The van der Waals surface area contributed by atoms with Crippen molar-refractivity contribution in [3.8, 4) is 11.4 Å². The Hall–Kier alpha value is -2.31. The molecule has 4 nitrogen and oxygen atoms in total. The van der Waals surface area contributed by atoms with Gasteiger partial charge in [-0.25, -0.2) is 15.0 Å². The monoisotopic (exact) mass is 352 g/mol. The number of benzene rings is 1. The van der Waals surface area contributed by atoms with Crippen molar-refractivity contribution in [3.05, 3.63) is 57.2 Å². The van der Waals surface area contributed by atoms with Gasteiger partial charge < -0.3 is 5.32 Å². The Morgan fingerprint density at radius 3 is 2.83 bits per heavy atom.